The largest absolute Gasteiger partial charge is 0.465 e. The molecule has 144 valence electrons. The van der Waals surface area contributed by atoms with Crippen LogP contribution in [0.4, 0.5) is 5.82 Å². The van der Waals surface area contributed by atoms with Gasteiger partial charge in [0.1, 0.15) is 17.2 Å². The molecule has 1 aromatic heterocycles. The fourth-order valence-electron chi connectivity index (χ4n) is 3.29. The van der Waals surface area contributed by atoms with E-state index in [1.54, 1.807) is 13.2 Å². The first-order valence-electron chi connectivity index (χ1n) is 8.93. The number of nitrogens with two attached hydrogens (primary N) is 1. The van der Waals surface area contributed by atoms with Crippen molar-refractivity contribution in [3.8, 4) is 11.3 Å². The fraction of sp³-hybridized carbons (Fsp3) is 0.421. The number of aryl methyl sites for hydroxylation is 1. The number of aromatic nitrogens is 3. The van der Waals surface area contributed by atoms with Crippen molar-refractivity contribution in [2.75, 3.05) is 26.6 Å². The lowest BCUT2D eigenvalue weighted by molar-refractivity contribution is 0.0600. The summed E-state index contributed by atoms with van der Waals surface area (Å²) in [5.41, 5.74) is 8.26. The molecule has 0 fully saturated rings. The highest BCUT2D eigenvalue weighted by Gasteiger charge is 2.23. The van der Waals surface area contributed by atoms with Gasteiger partial charge in [-0.05, 0) is 12.5 Å². The van der Waals surface area contributed by atoms with Gasteiger partial charge in [-0.1, -0.05) is 13.3 Å². The smallest absolute Gasteiger partial charge is 0.338 e. The third-order valence-electron chi connectivity index (χ3n) is 4.60. The Balaban J connectivity index is 2.32. The van der Waals surface area contributed by atoms with Crippen LogP contribution in [-0.4, -0.2) is 41.3 Å². The summed E-state index contributed by atoms with van der Waals surface area (Å²) in [6, 6.07) is 2.87. The van der Waals surface area contributed by atoms with Crippen LogP contribution in [0.15, 0.2) is 16.9 Å². The van der Waals surface area contributed by atoms with Crippen molar-refractivity contribution in [1.29, 1.82) is 0 Å². The number of imidazole rings is 1. The number of ether oxygens (including phenoxy) is 2. The number of H-pyrrole nitrogens is 1. The Labute approximate surface area is 156 Å². The van der Waals surface area contributed by atoms with Crippen molar-refractivity contribution in [3.63, 3.8) is 0 Å². The number of benzene rings is 1. The van der Waals surface area contributed by atoms with E-state index in [0.717, 1.165) is 25.1 Å². The number of esters is 1. The van der Waals surface area contributed by atoms with Crippen molar-refractivity contribution in [2.45, 2.75) is 32.7 Å². The predicted molar refractivity (Wildman–Crippen MR) is 103 cm³/mol. The topological polar surface area (TPSA) is 112 Å². The maximum absolute atomic E-state index is 12.9. The highest BCUT2D eigenvalue weighted by atomic mass is 16.5. The molecule has 0 aromatic carbocycles. The average molecular weight is 372 g/mol. The Morgan fingerprint density at radius 1 is 1.33 bits per heavy atom. The summed E-state index contributed by atoms with van der Waals surface area (Å²) in [4.78, 5) is 32.4. The van der Waals surface area contributed by atoms with Crippen molar-refractivity contribution in [1.82, 2.24) is 14.5 Å². The molecule has 3 N–H and O–H groups in total. The highest BCUT2D eigenvalue weighted by molar-refractivity contribution is 6.00. The predicted octanol–water partition coefficient (Wildman–Crippen LogP) is 2.19. The molecule has 1 aromatic rings. The van der Waals surface area contributed by atoms with Crippen LogP contribution in [0.25, 0.3) is 22.3 Å². The third kappa shape index (κ3) is 3.40. The molecule has 0 amide bonds. The van der Waals surface area contributed by atoms with Crippen LogP contribution in [0.1, 0.15) is 35.9 Å². The van der Waals surface area contributed by atoms with E-state index in [0.29, 0.717) is 41.3 Å². The molecule has 8 nitrogen and oxygen atoms in total. The number of anilines is 1. The van der Waals surface area contributed by atoms with E-state index < -0.39 is 5.97 Å². The molecule has 27 heavy (non-hydrogen) atoms. The van der Waals surface area contributed by atoms with Crippen LogP contribution >= 0.6 is 0 Å². The lowest BCUT2D eigenvalue weighted by Crippen LogP contribution is -2.16. The zero-order chi connectivity index (χ0) is 19.6. The number of methoxy groups -OCH3 is 2. The van der Waals surface area contributed by atoms with Gasteiger partial charge in [-0.3, -0.25) is 4.79 Å². The second kappa shape index (κ2) is 7.79. The minimum atomic E-state index is -0.572. The SMILES string of the molecule is CCCCc1nc2c(N)[nH]c3cc(C(=O)OC)cc(=O)c-3c2n1CCOC. The summed E-state index contributed by atoms with van der Waals surface area (Å²) in [6.07, 6.45) is 2.80. The first kappa shape index (κ1) is 18.9. The maximum atomic E-state index is 12.9. The summed E-state index contributed by atoms with van der Waals surface area (Å²) in [5, 5.41) is 0. The molecule has 0 spiro atoms. The zero-order valence-corrected chi connectivity index (χ0v) is 15.8. The van der Waals surface area contributed by atoms with Crippen LogP contribution in [0.3, 0.4) is 0 Å². The number of hydrogen-bond donors (Lipinski definition) is 2. The summed E-state index contributed by atoms with van der Waals surface area (Å²) < 4.78 is 12.0. The molecule has 0 saturated heterocycles. The normalized spacial score (nSPS) is 11.4. The number of carbonyl (C=O) groups is 1. The molecule has 0 unspecified atom stereocenters. The van der Waals surface area contributed by atoms with Crippen molar-refractivity contribution in [2.24, 2.45) is 0 Å². The number of rotatable bonds is 7. The highest BCUT2D eigenvalue weighted by Crippen LogP contribution is 2.32. The average Bonchev–Trinajstić information content (AvgIpc) is 3.02. The summed E-state index contributed by atoms with van der Waals surface area (Å²) in [6.45, 7) is 3.16. The molecule has 0 radical (unpaired) electrons. The number of fused-ring (bicyclic) bond motifs is 3. The number of pyridine rings is 1. The van der Waals surface area contributed by atoms with Crippen LogP contribution in [0, 0.1) is 0 Å². The Hall–Kier alpha value is -2.87. The summed E-state index contributed by atoms with van der Waals surface area (Å²) in [5.74, 6) is 0.651. The van der Waals surface area contributed by atoms with Crippen LogP contribution in [0.2, 0.25) is 0 Å². The molecule has 2 heterocycles. The first-order chi connectivity index (χ1) is 13.0. The van der Waals surface area contributed by atoms with Gasteiger partial charge >= 0.3 is 5.97 Å². The number of hydrogen-bond acceptors (Lipinski definition) is 6. The molecular weight excluding hydrogens is 348 g/mol. The van der Waals surface area contributed by atoms with Gasteiger partial charge in [-0.15, -0.1) is 0 Å². The number of nitrogen functional groups attached to an aromatic ring is 1. The first-order valence-corrected chi connectivity index (χ1v) is 8.93. The van der Waals surface area contributed by atoms with Crippen LogP contribution < -0.4 is 11.2 Å². The summed E-state index contributed by atoms with van der Waals surface area (Å²) >= 11 is 0. The van der Waals surface area contributed by atoms with E-state index in [1.807, 2.05) is 4.57 Å². The Morgan fingerprint density at radius 3 is 2.78 bits per heavy atom. The van der Waals surface area contributed by atoms with Crippen molar-refractivity contribution >= 4 is 22.8 Å². The number of nitrogens with one attached hydrogen (secondary N) is 1. The van der Waals surface area contributed by atoms with E-state index in [4.69, 9.17) is 15.2 Å². The van der Waals surface area contributed by atoms with Crippen molar-refractivity contribution in [3.05, 3.63) is 33.7 Å². The molecule has 8 heteroatoms. The molecule has 0 saturated carbocycles. The Bertz CT molecular complexity index is 1010. The van der Waals surface area contributed by atoms with E-state index in [1.165, 1.54) is 13.2 Å². The standard InChI is InChI=1S/C19H24N4O4/c1-4-5-6-14-22-16-17(23(14)7-8-26-2)15-12(21-18(16)20)9-11(10-13(15)24)19(25)27-3/h9-10,21H,4-8,20H2,1-3H3. The van der Waals surface area contributed by atoms with Crippen molar-refractivity contribution < 1.29 is 14.3 Å². The lowest BCUT2D eigenvalue weighted by Gasteiger charge is -2.14. The molecule has 0 atom stereocenters. The van der Waals surface area contributed by atoms with Gasteiger partial charge in [-0.25, -0.2) is 9.78 Å². The van der Waals surface area contributed by atoms with E-state index in [9.17, 15) is 9.59 Å². The monoisotopic (exact) mass is 372 g/mol. The molecule has 2 aliphatic rings. The maximum Gasteiger partial charge on any atom is 0.338 e. The van der Waals surface area contributed by atoms with Gasteiger partial charge in [0.05, 0.1) is 36.1 Å². The fourth-order valence-corrected chi connectivity index (χ4v) is 3.29. The minimum absolute atomic E-state index is 0.180. The molecule has 3 rings (SSSR count). The number of unbranched alkanes of at least 4 members (excludes halogenated alkanes) is 1. The minimum Gasteiger partial charge on any atom is -0.465 e. The molecular formula is C19H24N4O4. The van der Waals surface area contributed by atoms with Gasteiger partial charge in [0.25, 0.3) is 0 Å². The number of aromatic amines is 1. The van der Waals surface area contributed by atoms with E-state index in [-0.39, 0.29) is 11.0 Å². The van der Waals surface area contributed by atoms with E-state index in [2.05, 4.69) is 16.9 Å². The summed E-state index contributed by atoms with van der Waals surface area (Å²) in [7, 11) is 2.91. The third-order valence-corrected chi connectivity index (χ3v) is 4.60. The molecule has 1 aliphatic heterocycles. The second-order valence-electron chi connectivity index (χ2n) is 6.40. The van der Waals surface area contributed by atoms with E-state index >= 15 is 0 Å². The molecule has 1 aliphatic carbocycles. The molecule has 0 bridgehead atoms. The quantitative estimate of drug-likeness (QED) is 0.615. The van der Waals surface area contributed by atoms with Gasteiger partial charge in [0.15, 0.2) is 5.43 Å². The van der Waals surface area contributed by atoms with Gasteiger partial charge in [-0.2, -0.15) is 0 Å². The number of carbonyl (C=O) groups excluding carboxylic acids is 1. The van der Waals surface area contributed by atoms with Crippen LogP contribution in [0.5, 0.6) is 0 Å². The zero-order valence-electron chi connectivity index (χ0n) is 15.8. The Kier molecular flexibility index (Phi) is 5.46. The van der Waals surface area contributed by atoms with Gasteiger partial charge in [0, 0.05) is 26.1 Å². The second-order valence-corrected chi connectivity index (χ2v) is 6.40. The van der Waals surface area contributed by atoms with Gasteiger partial charge < -0.3 is 24.8 Å². The van der Waals surface area contributed by atoms with Crippen LogP contribution in [-0.2, 0) is 22.4 Å². The Morgan fingerprint density at radius 2 is 2.11 bits per heavy atom. The lowest BCUT2D eigenvalue weighted by atomic mass is 10.0. The number of nitrogens with zero attached hydrogens (tertiary/aromatic N) is 2. The van der Waals surface area contributed by atoms with Gasteiger partial charge in [0.2, 0.25) is 0 Å².